The molecule has 4 rings (SSSR count). The Morgan fingerprint density at radius 3 is 2.06 bits per heavy atom. The van der Waals surface area contributed by atoms with Gasteiger partial charge in [0.15, 0.2) is 0 Å². The third kappa shape index (κ3) is 4.82. The number of non-ortho nitro benzene ring substituents is 1. The van der Waals surface area contributed by atoms with Crippen LogP contribution in [0, 0.1) is 30.3 Å². The Labute approximate surface area is 184 Å². The first-order valence-corrected chi connectivity index (χ1v) is 9.10. The van der Waals surface area contributed by atoms with Crippen molar-refractivity contribution in [3.8, 4) is 22.8 Å². The van der Waals surface area contributed by atoms with Crippen molar-refractivity contribution in [3.05, 3.63) is 97.3 Å². The van der Waals surface area contributed by atoms with Crippen molar-refractivity contribution in [1.29, 1.82) is 0 Å². The number of ether oxygens (including phenoxy) is 1. The van der Waals surface area contributed by atoms with Crippen LogP contribution in [0.5, 0.6) is 11.5 Å². The maximum Gasteiger partial charge on any atom is 0.324 e. The second-order valence-electron chi connectivity index (χ2n) is 6.40. The zero-order valence-electron chi connectivity index (χ0n) is 16.9. The van der Waals surface area contributed by atoms with Crippen molar-refractivity contribution in [1.82, 2.24) is 9.38 Å². The fraction of sp³-hybridized carbons (Fsp3) is 0.0500. The highest BCUT2D eigenvalue weighted by Crippen LogP contribution is 2.39. The largest absolute Gasteiger partial charge is 0.497 e. The van der Waals surface area contributed by atoms with Gasteiger partial charge in [0.25, 0.3) is 11.4 Å². The average molecular weight is 453 g/mol. The molecule has 0 saturated carbocycles. The Bertz CT molecular complexity index is 1300. The highest BCUT2D eigenvalue weighted by atomic mass is 16.6. The Morgan fingerprint density at radius 2 is 1.52 bits per heavy atom. The first-order valence-electron chi connectivity index (χ1n) is 9.10. The summed E-state index contributed by atoms with van der Waals surface area (Å²) in [7, 11) is 1.68. The van der Waals surface area contributed by atoms with E-state index in [4.69, 9.17) is 9.84 Å². The number of aromatic hydroxyl groups is 1. The minimum Gasteiger partial charge on any atom is -0.497 e. The number of fused-ring (bicyclic) bond motifs is 1. The SMILES string of the molecule is COc1ccccc1-c1cn2ccccc2n1.O=[N+]([O-])c1cc([N+](=O)[O-])c(O)c([N+](=O)[O-])c1. The molecule has 0 unspecified atom stereocenters. The molecule has 13 heteroatoms. The molecule has 0 aliphatic rings. The molecular weight excluding hydrogens is 438 g/mol. The van der Waals surface area contributed by atoms with E-state index >= 15 is 0 Å². The monoisotopic (exact) mass is 453 g/mol. The number of rotatable bonds is 5. The zero-order valence-corrected chi connectivity index (χ0v) is 16.9. The number of pyridine rings is 1. The van der Waals surface area contributed by atoms with Crippen LogP contribution in [-0.2, 0) is 0 Å². The number of para-hydroxylation sites is 1. The summed E-state index contributed by atoms with van der Waals surface area (Å²) < 4.78 is 7.35. The molecule has 0 atom stereocenters. The molecule has 13 nitrogen and oxygen atoms in total. The summed E-state index contributed by atoms with van der Waals surface area (Å²) in [5.74, 6) is -0.364. The van der Waals surface area contributed by atoms with Gasteiger partial charge in [-0.3, -0.25) is 30.3 Å². The van der Waals surface area contributed by atoms with Crippen LogP contribution in [0.25, 0.3) is 16.9 Å². The lowest BCUT2D eigenvalue weighted by atomic mass is 10.1. The van der Waals surface area contributed by atoms with Crippen molar-refractivity contribution in [2.75, 3.05) is 7.11 Å². The first-order chi connectivity index (χ1) is 15.7. The molecule has 0 spiro atoms. The molecule has 0 aliphatic carbocycles. The molecule has 4 aromatic rings. The molecule has 1 N–H and O–H groups in total. The van der Waals surface area contributed by atoms with Crippen LogP contribution in [0.1, 0.15) is 0 Å². The van der Waals surface area contributed by atoms with E-state index in [0.717, 1.165) is 22.7 Å². The molecule has 0 radical (unpaired) electrons. The number of nitrogens with zero attached hydrogens (tertiary/aromatic N) is 5. The minimum atomic E-state index is -1.21. The molecule has 0 fully saturated rings. The van der Waals surface area contributed by atoms with Crippen molar-refractivity contribution >= 4 is 22.7 Å². The molecule has 0 amide bonds. The van der Waals surface area contributed by atoms with Gasteiger partial charge in [0.05, 0.1) is 39.7 Å². The van der Waals surface area contributed by atoms with Crippen LogP contribution in [0.15, 0.2) is 67.0 Å². The van der Waals surface area contributed by atoms with Crippen LogP contribution in [0.4, 0.5) is 17.1 Å². The smallest absolute Gasteiger partial charge is 0.324 e. The number of nitro benzene ring substituents is 3. The van der Waals surface area contributed by atoms with Crippen LogP contribution in [-0.4, -0.2) is 36.4 Å². The van der Waals surface area contributed by atoms with E-state index in [-0.39, 0.29) is 0 Å². The summed E-state index contributed by atoms with van der Waals surface area (Å²) in [5.41, 5.74) is -0.126. The van der Waals surface area contributed by atoms with Gasteiger partial charge in [0.2, 0.25) is 0 Å². The summed E-state index contributed by atoms with van der Waals surface area (Å²) in [5, 5.41) is 40.2. The van der Waals surface area contributed by atoms with Crippen molar-refractivity contribution in [3.63, 3.8) is 0 Å². The number of hydrogen-bond acceptors (Lipinski definition) is 9. The molecule has 0 bridgehead atoms. The van der Waals surface area contributed by atoms with Gasteiger partial charge in [0, 0.05) is 18.0 Å². The number of phenols is 1. The average Bonchev–Trinajstić information content (AvgIpc) is 3.23. The van der Waals surface area contributed by atoms with Gasteiger partial charge in [-0.05, 0) is 24.3 Å². The topological polar surface area (TPSA) is 176 Å². The Kier molecular flexibility index (Phi) is 6.43. The number of methoxy groups -OCH3 is 1. The summed E-state index contributed by atoms with van der Waals surface area (Å²) in [6.07, 6.45) is 3.99. The summed E-state index contributed by atoms with van der Waals surface area (Å²) in [6.45, 7) is 0. The molecule has 168 valence electrons. The van der Waals surface area contributed by atoms with Crippen LogP contribution < -0.4 is 4.74 Å². The van der Waals surface area contributed by atoms with E-state index in [1.54, 1.807) is 7.11 Å². The summed E-state index contributed by atoms with van der Waals surface area (Å²) in [4.78, 5) is 32.3. The molecule has 0 aliphatic heterocycles. The van der Waals surface area contributed by atoms with E-state index in [1.165, 1.54) is 0 Å². The van der Waals surface area contributed by atoms with E-state index in [1.807, 2.05) is 59.3 Å². The molecule has 0 saturated heterocycles. The Morgan fingerprint density at radius 1 is 0.909 bits per heavy atom. The first kappa shape index (κ1) is 22.6. The van der Waals surface area contributed by atoms with Crippen LogP contribution in [0.2, 0.25) is 0 Å². The highest BCUT2D eigenvalue weighted by molar-refractivity contribution is 5.69. The number of benzene rings is 2. The van der Waals surface area contributed by atoms with Gasteiger partial charge in [-0.25, -0.2) is 4.98 Å². The third-order valence-corrected chi connectivity index (χ3v) is 4.41. The van der Waals surface area contributed by atoms with E-state index in [0.29, 0.717) is 12.1 Å². The highest BCUT2D eigenvalue weighted by Gasteiger charge is 2.30. The lowest BCUT2D eigenvalue weighted by Crippen LogP contribution is -1.97. The quantitative estimate of drug-likeness (QED) is 0.344. The lowest BCUT2D eigenvalue weighted by Gasteiger charge is -2.04. The molecule has 33 heavy (non-hydrogen) atoms. The fourth-order valence-corrected chi connectivity index (χ4v) is 2.89. The third-order valence-electron chi connectivity index (χ3n) is 4.41. The van der Waals surface area contributed by atoms with Crippen molar-refractivity contribution < 1.29 is 24.6 Å². The van der Waals surface area contributed by atoms with E-state index < -0.39 is 37.6 Å². The second-order valence-corrected chi connectivity index (χ2v) is 6.40. The summed E-state index contributed by atoms with van der Waals surface area (Å²) >= 11 is 0. The van der Waals surface area contributed by atoms with Gasteiger partial charge in [0.1, 0.15) is 11.4 Å². The Balaban J connectivity index is 0.000000186. The predicted octanol–water partition coefficient (Wildman–Crippen LogP) is 4.13. The number of phenolic OH excluding ortho intramolecular Hbond substituents is 1. The maximum atomic E-state index is 10.4. The fourth-order valence-electron chi connectivity index (χ4n) is 2.89. The molecule has 2 heterocycles. The molecule has 2 aromatic heterocycles. The van der Waals surface area contributed by atoms with Gasteiger partial charge < -0.3 is 14.2 Å². The van der Waals surface area contributed by atoms with Crippen LogP contribution in [0.3, 0.4) is 0 Å². The van der Waals surface area contributed by atoms with Crippen LogP contribution >= 0.6 is 0 Å². The number of hydrogen-bond donors (Lipinski definition) is 1. The zero-order chi connectivity index (χ0) is 24.1. The van der Waals surface area contributed by atoms with Crippen molar-refractivity contribution in [2.45, 2.75) is 0 Å². The summed E-state index contributed by atoms with van der Waals surface area (Å²) in [6, 6.07) is 14.7. The predicted molar refractivity (Wildman–Crippen MR) is 115 cm³/mol. The van der Waals surface area contributed by atoms with Crippen molar-refractivity contribution in [2.24, 2.45) is 0 Å². The Hall–Kier alpha value is -5.07. The van der Waals surface area contributed by atoms with E-state index in [9.17, 15) is 30.3 Å². The van der Waals surface area contributed by atoms with Gasteiger partial charge >= 0.3 is 11.4 Å². The van der Waals surface area contributed by atoms with E-state index in [2.05, 4.69) is 4.98 Å². The number of aromatic nitrogens is 2. The molecule has 2 aromatic carbocycles. The lowest BCUT2D eigenvalue weighted by molar-refractivity contribution is -0.404. The number of imidazole rings is 1. The van der Waals surface area contributed by atoms with Gasteiger partial charge in [-0.15, -0.1) is 0 Å². The second kappa shape index (κ2) is 9.38. The van der Waals surface area contributed by atoms with Gasteiger partial charge in [-0.1, -0.05) is 18.2 Å². The standard InChI is InChI=1S/C14H12N2O.C6H3N3O7/c1-17-13-7-3-2-6-11(13)12-10-16-9-5-4-8-14(16)15-12;10-6-4(8(13)14)1-3(7(11)12)2-5(6)9(15)16/h2-10H,1H3;1-2,10H. The van der Waals surface area contributed by atoms with Gasteiger partial charge in [-0.2, -0.15) is 0 Å². The number of nitro groups is 3. The maximum absolute atomic E-state index is 10.4. The minimum absolute atomic E-state index is 0.447. The molecular formula is C20H15N5O8. The normalized spacial score (nSPS) is 10.2.